The molecule has 7 heteroatoms. The largest absolute Gasteiger partial charge is 0.352 e. The van der Waals surface area contributed by atoms with Crippen molar-refractivity contribution in [3.8, 4) is 0 Å². The first-order valence-corrected chi connectivity index (χ1v) is 12.1. The molecule has 2 saturated heterocycles. The Morgan fingerprint density at radius 2 is 1.83 bits per heavy atom. The summed E-state index contributed by atoms with van der Waals surface area (Å²) < 4.78 is 14.4. The summed E-state index contributed by atoms with van der Waals surface area (Å²) in [5.41, 5.74) is 0. The van der Waals surface area contributed by atoms with Gasteiger partial charge in [-0.3, -0.25) is 14.5 Å². The molecule has 2 amide bonds. The molecule has 4 fully saturated rings. The fraction of sp³-hybridized carbons (Fsp3) is 0.913. The van der Waals surface area contributed by atoms with Crippen LogP contribution in [-0.2, 0) is 9.59 Å². The van der Waals surface area contributed by atoms with Gasteiger partial charge < -0.3 is 15.5 Å². The van der Waals surface area contributed by atoms with Crippen LogP contribution in [0.1, 0.15) is 65.2 Å². The molecule has 7 atom stereocenters. The van der Waals surface area contributed by atoms with E-state index in [-0.39, 0.29) is 35.9 Å². The number of hydrogen-bond donors (Lipinski definition) is 2. The molecule has 5 unspecified atom stereocenters. The van der Waals surface area contributed by atoms with E-state index in [1.165, 1.54) is 6.42 Å². The Kier molecular flexibility index (Phi) is 6.98. The lowest BCUT2D eigenvalue weighted by Crippen LogP contribution is -2.51. The summed E-state index contributed by atoms with van der Waals surface area (Å²) >= 11 is 0. The molecule has 2 aliphatic carbocycles. The molecule has 0 bridgehead atoms. The molecule has 6 nitrogen and oxygen atoms in total. The number of carbonyl (C=O) groups excluding carboxylic acids is 2. The van der Waals surface area contributed by atoms with Gasteiger partial charge in [0.15, 0.2) is 0 Å². The number of halogens is 1. The third-order valence-electron chi connectivity index (χ3n) is 8.14. The SMILES string of the molecule is CC(=O)N1CCCN([C@H]2CCC[C@@H](NC(=O)C3CC4C(F)CCC(C)C4N3)C2)CC1. The van der Waals surface area contributed by atoms with Crippen molar-refractivity contribution in [1.29, 1.82) is 0 Å². The first-order chi connectivity index (χ1) is 14.4. The molecule has 0 aromatic heterocycles. The topological polar surface area (TPSA) is 64.7 Å². The van der Waals surface area contributed by atoms with E-state index in [0.29, 0.717) is 24.8 Å². The first kappa shape index (κ1) is 22.0. The maximum atomic E-state index is 14.4. The van der Waals surface area contributed by atoms with Gasteiger partial charge in [-0.05, 0) is 57.3 Å². The van der Waals surface area contributed by atoms with Crippen molar-refractivity contribution in [3.05, 3.63) is 0 Å². The normalized spacial score (nSPS) is 40.5. The molecular formula is C23H39FN4O2. The van der Waals surface area contributed by atoms with Crippen LogP contribution in [0.2, 0.25) is 0 Å². The van der Waals surface area contributed by atoms with E-state index in [9.17, 15) is 14.0 Å². The quantitative estimate of drug-likeness (QED) is 0.731. The van der Waals surface area contributed by atoms with Crippen molar-refractivity contribution in [2.24, 2.45) is 11.8 Å². The maximum absolute atomic E-state index is 14.4. The highest BCUT2D eigenvalue weighted by atomic mass is 19.1. The highest BCUT2D eigenvalue weighted by Crippen LogP contribution is 2.38. The van der Waals surface area contributed by atoms with Gasteiger partial charge in [-0.15, -0.1) is 0 Å². The molecule has 4 rings (SSSR count). The van der Waals surface area contributed by atoms with Crippen molar-refractivity contribution >= 4 is 11.8 Å². The van der Waals surface area contributed by atoms with Gasteiger partial charge in [0.1, 0.15) is 6.17 Å². The molecule has 2 N–H and O–H groups in total. The Bertz CT molecular complexity index is 614. The molecule has 2 aliphatic heterocycles. The summed E-state index contributed by atoms with van der Waals surface area (Å²) in [6, 6.07) is 0.572. The van der Waals surface area contributed by atoms with Crippen LogP contribution in [-0.4, -0.2) is 78.1 Å². The molecule has 2 heterocycles. The smallest absolute Gasteiger partial charge is 0.237 e. The van der Waals surface area contributed by atoms with Gasteiger partial charge in [0.2, 0.25) is 11.8 Å². The number of rotatable bonds is 3. The number of amides is 2. The number of carbonyl (C=O) groups is 2. The zero-order chi connectivity index (χ0) is 21.3. The molecule has 0 spiro atoms. The predicted octanol–water partition coefficient (Wildman–Crippen LogP) is 2.08. The Morgan fingerprint density at radius 1 is 1.00 bits per heavy atom. The third-order valence-corrected chi connectivity index (χ3v) is 8.14. The summed E-state index contributed by atoms with van der Waals surface area (Å²) in [7, 11) is 0. The second kappa shape index (κ2) is 9.51. The van der Waals surface area contributed by atoms with Crippen molar-refractivity contribution in [2.75, 3.05) is 26.2 Å². The molecule has 0 aromatic carbocycles. The van der Waals surface area contributed by atoms with E-state index >= 15 is 0 Å². The van der Waals surface area contributed by atoms with E-state index in [1.54, 1.807) is 6.92 Å². The highest BCUT2D eigenvalue weighted by molar-refractivity contribution is 5.82. The van der Waals surface area contributed by atoms with Crippen LogP contribution < -0.4 is 10.6 Å². The molecule has 0 radical (unpaired) electrons. The van der Waals surface area contributed by atoms with Gasteiger partial charge in [0, 0.05) is 57.1 Å². The maximum Gasteiger partial charge on any atom is 0.237 e. The number of nitrogens with one attached hydrogen (secondary N) is 2. The Labute approximate surface area is 180 Å². The summed E-state index contributed by atoms with van der Waals surface area (Å²) in [6.07, 6.45) is 6.72. The van der Waals surface area contributed by atoms with E-state index in [2.05, 4.69) is 22.5 Å². The Morgan fingerprint density at radius 3 is 2.60 bits per heavy atom. The average Bonchev–Trinajstić information content (AvgIpc) is 3.04. The molecule has 0 aromatic rings. The molecule has 170 valence electrons. The van der Waals surface area contributed by atoms with Gasteiger partial charge in [0.25, 0.3) is 0 Å². The molecule has 4 aliphatic rings. The molecule has 30 heavy (non-hydrogen) atoms. The van der Waals surface area contributed by atoms with Crippen LogP contribution in [0.3, 0.4) is 0 Å². The number of alkyl halides is 1. The van der Waals surface area contributed by atoms with Crippen LogP contribution in [0.15, 0.2) is 0 Å². The molecular weight excluding hydrogens is 383 g/mol. The lowest BCUT2D eigenvalue weighted by molar-refractivity contribution is -0.128. The van der Waals surface area contributed by atoms with Crippen LogP contribution in [0.25, 0.3) is 0 Å². The van der Waals surface area contributed by atoms with E-state index in [0.717, 1.165) is 58.3 Å². The fourth-order valence-electron chi connectivity index (χ4n) is 6.35. The summed E-state index contributed by atoms with van der Waals surface area (Å²) in [4.78, 5) is 29.1. The van der Waals surface area contributed by atoms with E-state index < -0.39 is 6.17 Å². The number of hydrogen-bond acceptors (Lipinski definition) is 4. The predicted molar refractivity (Wildman–Crippen MR) is 115 cm³/mol. The minimum Gasteiger partial charge on any atom is -0.352 e. The zero-order valence-corrected chi connectivity index (χ0v) is 18.6. The second-order valence-corrected chi connectivity index (χ2v) is 10.1. The first-order valence-electron chi connectivity index (χ1n) is 12.1. The molecule has 2 saturated carbocycles. The Hall–Kier alpha value is -1.21. The minimum absolute atomic E-state index is 0.00933. The second-order valence-electron chi connectivity index (χ2n) is 10.1. The van der Waals surface area contributed by atoms with Crippen molar-refractivity contribution < 1.29 is 14.0 Å². The lowest BCUT2D eigenvalue weighted by atomic mass is 9.77. The summed E-state index contributed by atoms with van der Waals surface area (Å²) in [5.74, 6) is 0.662. The third kappa shape index (κ3) is 4.82. The number of fused-ring (bicyclic) bond motifs is 1. The van der Waals surface area contributed by atoms with Gasteiger partial charge in [-0.1, -0.05) is 6.92 Å². The van der Waals surface area contributed by atoms with Gasteiger partial charge in [-0.2, -0.15) is 0 Å². The zero-order valence-electron chi connectivity index (χ0n) is 18.6. The van der Waals surface area contributed by atoms with E-state index in [1.807, 2.05) is 4.90 Å². The van der Waals surface area contributed by atoms with Gasteiger partial charge >= 0.3 is 0 Å². The van der Waals surface area contributed by atoms with Crippen molar-refractivity contribution in [2.45, 2.75) is 95.6 Å². The summed E-state index contributed by atoms with van der Waals surface area (Å²) in [5, 5.41) is 6.76. The van der Waals surface area contributed by atoms with Crippen molar-refractivity contribution in [1.82, 2.24) is 20.4 Å². The van der Waals surface area contributed by atoms with Crippen LogP contribution >= 0.6 is 0 Å². The summed E-state index contributed by atoms with van der Waals surface area (Å²) in [6.45, 7) is 7.44. The van der Waals surface area contributed by atoms with Crippen LogP contribution in [0.4, 0.5) is 4.39 Å². The van der Waals surface area contributed by atoms with Crippen LogP contribution in [0.5, 0.6) is 0 Å². The minimum atomic E-state index is -0.770. The van der Waals surface area contributed by atoms with Crippen LogP contribution in [0, 0.1) is 11.8 Å². The lowest BCUT2D eigenvalue weighted by Gasteiger charge is -2.37. The number of nitrogens with zero attached hydrogens (tertiary/aromatic N) is 2. The van der Waals surface area contributed by atoms with E-state index in [4.69, 9.17) is 0 Å². The highest BCUT2D eigenvalue weighted by Gasteiger charge is 2.46. The standard InChI is InChI=1S/C23H39FN4O2/c1-15-7-8-20(24)19-14-21(26-22(15)19)23(30)25-17-5-3-6-18(13-17)28-10-4-9-27(11-12-28)16(2)29/h15,17-22,26H,3-14H2,1-2H3,(H,25,30)/t15?,17-,18+,19?,20?,21?,22?/m1/s1. The Balaban J connectivity index is 1.29. The monoisotopic (exact) mass is 422 g/mol. The average molecular weight is 423 g/mol. The van der Waals surface area contributed by atoms with Crippen molar-refractivity contribution in [3.63, 3.8) is 0 Å². The van der Waals surface area contributed by atoms with Gasteiger partial charge in [0.05, 0.1) is 6.04 Å². The van der Waals surface area contributed by atoms with Gasteiger partial charge in [-0.25, -0.2) is 4.39 Å². The fourth-order valence-corrected chi connectivity index (χ4v) is 6.35.